The standard InChI is InChI=1S/C23H29FN2O2S/c1-4-13-25-23(28)18(3)26(14-19-7-5-17(2)6-8-19)22(27)16-29-15-20-9-11-21(24)12-10-20/h5-12,18H,4,13-16H2,1-3H3,(H,25,28)/t18-/m0/s1. The van der Waals surface area contributed by atoms with Gasteiger partial charge in [0.1, 0.15) is 11.9 Å². The van der Waals surface area contributed by atoms with Crippen molar-refractivity contribution in [3.05, 3.63) is 71.0 Å². The molecular weight excluding hydrogens is 387 g/mol. The summed E-state index contributed by atoms with van der Waals surface area (Å²) in [4.78, 5) is 27.0. The fourth-order valence-corrected chi connectivity index (χ4v) is 3.66. The molecule has 2 rings (SSSR count). The Morgan fingerprint density at radius 1 is 1.07 bits per heavy atom. The Morgan fingerprint density at radius 2 is 1.69 bits per heavy atom. The number of hydrogen-bond acceptors (Lipinski definition) is 3. The molecule has 156 valence electrons. The Morgan fingerprint density at radius 3 is 2.31 bits per heavy atom. The highest BCUT2D eigenvalue weighted by Gasteiger charge is 2.25. The summed E-state index contributed by atoms with van der Waals surface area (Å²) in [7, 11) is 0. The predicted octanol–water partition coefficient (Wildman–Crippen LogP) is 4.31. The van der Waals surface area contributed by atoms with Gasteiger partial charge in [-0.25, -0.2) is 4.39 Å². The van der Waals surface area contributed by atoms with Crippen molar-refractivity contribution in [1.29, 1.82) is 0 Å². The van der Waals surface area contributed by atoms with Gasteiger partial charge >= 0.3 is 0 Å². The van der Waals surface area contributed by atoms with Crippen LogP contribution in [0.2, 0.25) is 0 Å². The normalized spacial score (nSPS) is 11.7. The second-order valence-corrected chi connectivity index (χ2v) is 8.08. The number of thioether (sulfide) groups is 1. The monoisotopic (exact) mass is 416 g/mol. The molecule has 0 aliphatic heterocycles. The minimum atomic E-state index is -0.554. The van der Waals surface area contributed by atoms with E-state index >= 15 is 0 Å². The van der Waals surface area contributed by atoms with E-state index in [-0.39, 0.29) is 23.4 Å². The summed E-state index contributed by atoms with van der Waals surface area (Å²) in [6.45, 7) is 6.75. The Bertz CT molecular complexity index is 794. The highest BCUT2D eigenvalue weighted by Crippen LogP contribution is 2.16. The molecule has 0 spiro atoms. The van der Waals surface area contributed by atoms with Crippen LogP contribution in [0.1, 0.15) is 37.0 Å². The van der Waals surface area contributed by atoms with Gasteiger partial charge in [0.2, 0.25) is 11.8 Å². The van der Waals surface area contributed by atoms with E-state index in [4.69, 9.17) is 0 Å². The summed E-state index contributed by atoms with van der Waals surface area (Å²) in [5.74, 6) is 0.369. The Balaban J connectivity index is 2.03. The van der Waals surface area contributed by atoms with E-state index in [0.29, 0.717) is 18.8 Å². The van der Waals surface area contributed by atoms with Gasteiger partial charge in [0, 0.05) is 18.8 Å². The zero-order valence-electron chi connectivity index (χ0n) is 17.3. The molecule has 2 aromatic rings. The van der Waals surface area contributed by atoms with Crippen molar-refractivity contribution < 1.29 is 14.0 Å². The van der Waals surface area contributed by atoms with E-state index in [1.807, 2.05) is 38.1 Å². The van der Waals surface area contributed by atoms with Gasteiger partial charge in [0.15, 0.2) is 0 Å². The largest absolute Gasteiger partial charge is 0.354 e. The van der Waals surface area contributed by atoms with E-state index in [2.05, 4.69) is 5.32 Å². The van der Waals surface area contributed by atoms with Gasteiger partial charge in [-0.2, -0.15) is 0 Å². The van der Waals surface area contributed by atoms with E-state index in [0.717, 1.165) is 23.1 Å². The third-order valence-corrected chi connectivity index (χ3v) is 5.59. The third-order valence-electron chi connectivity index (χ3n) is 4.60. The van der Waals surface area contributed by atoms with Crippen molar-refractivity contribution in [2.24, 2.45) is 0 Å². The maximum Gasteiger partial charge on any atom is 0.242 e. The summed E-state index contributed by atoms with van der Waals surface area (Å²) in [6, 6.07) is 13.7. The molecule has 0 unspecified atom stereocenters. The molecule has 0 aromatic heterocycles. The number of amides is 2. The van der Waals surface area contributed by atoms with Gasteiger partial charge in [-0.1, -0.05) is 48.9 Å². The first kappa shape index (κ1) is 22.9. The Labute approximate surface area is 176 Å². The molecule has 0 radical (unpaired) electrons. The highest BCUT2D eigenvalue weighted by molar-refractivity contribution is 7.99. The lowest BCUT2D eigenvalue weighted by atomic mass is 10.1. The summed E-state index contributed by atoms with van der Waals surface area (Å²) >= 11 is 1.46. The molecule has 29 heavy (non-hydrogen) atoms. The maximum absolute atomic E-state index is 13.0. The lowest BCUT2D eigenvalue weighted by Gasteiger charge is -2.28. The van der Waals surface area contributed by atoms with Gasteiger partial charge in [-0.3, -0.25) is 9.59 Å². The van der Waals surface area contributed by atoms with E-state index in [9.17, 15) is 14.0 Å². The molecule has 0 aliphatic carbocycles. The second-order valence-electron chi connectivity index (χ2n) is 7.09. The maximum atomic E-state index is 13.0. The molecule has 4 nitrogen and oxygen atoms in total. The molecule has 2 amide bonds. The van der Waals surface area contributed by atoms with Crippen LogP contribution in [0.25, 0.3) is 0 Å². The number of carbonyl (C=O) groups excluding carboxylic acids is 2. The zero-order chi connectivity index (χ0) is 21.2. The lowest BCUT2D eigenvalue weighted by molar-refractivity contribution is -0.138. The number of nitrogens with zero attached hydrogens (tertiary/aromatic N) is 1. The Kier molecular flexibility index (Phi) is 9.19. The molecule has 0 bridgehead atoms. The number of benzene rings is 2. The second kappa shape index (κ2) is 11.6. The number of carbonyl (C=O) groups is 2. The summed E-state index contributed by atoms with van der Waals surface area (Å²) in [5.41, 5.74) is 3.10. The van der Waals surface area contributed by atoms with Crippen LogP contribution in [-0.4, -0.2) is 35.1 Å². The molecule has 6 heteroatoms. The molecular formula is C23H29FN2O2S. The van der Waals surface area contributed by atoms with Crippen LogP contribution >= 0.6 is 11.8 Å². The molecule has 0 saturated carbocycles. The minimum absolute atomic E-state index is 0.0863. The van der Waals surface area contributed by atoms with Crippen LogP contribution in [0, 0.1) is 12.7 Å². The first-order valence-corrected chi connectivity index (χ1v) is 11.0. The van der Waals surface area contributed by atoms with Crippen LogP contribution in [0.3, 0.4) is 0 Å². The minimum Gasteiger partial charge on any atom is -0.354 e. The van der Waals surface area contributed by atoms with Gasteiger partial charge in [-0.05, 0) is 43.5 Å². The summed E-state index contributed by atoms with van der Waals surface area (Å²) in [5, 5.41) is 2.87. The van der Waals surface area contributed by atoms with Crippen LogP contribution in [0.4, 0.5) is 4.39 Å². The van der Waals surface area contributed by atoms with Crippen molar-refractivity contribution in [2.45, 2.75) is 45.5 Å². The molecule has 0 aliphatic rings. The molecule has 1 N–H and O–H groups in total. The number of rotatable bonds is 10. The number of aryl methyl sites for hydroxylation is 1. The van der Waals surface area contributed by atoms with Crippen LogP contribution in [-0.2, 0) is 21.9 Å². The van der Waals surface area contributed by atoms with Crippen molar-refractivity contribution in [2.75, 3.05) is 12.3 Å². The van der Waals surface area contributed by atoms with E-state index in [1.54, 1.807) is 24.0 Å². The van der Waals surface area contributed by atoms with Crippen molar-refractivity contribution in [1.82, 2.24) is 10.2 Å². The molecule has 0 saturated heterocycles. The SMILES string of the molecule is CCCNC(=O)[C@H](C)N(Cc1ccc(C)cc1)C(=O)CSCc1ccc(F)cc1. The molecule has 2 aromatic carbocycles. The van der Waals surface area contributed by atoms with Crippen LogP contribution < -0.4 is 5.32 Å². The molecule has 0 heterocycles. The smallest absolute Gasteiger partial charge is 0.242 e. The number of nitrogens with one attached hydrogen (secondary N) is 1. The van der Waals surface area contributed by atoms with Crippen LogP contribution in [0.15, 0.2) is 48.5 Å². The average Bonchev–Trinajstić information content (AvgIpc) is 2.72. The quantitative estimate of drug-likeness (QED) is 0.628. The summed E-state index contributed by atoms with van der Waals surface area (Å²) in [6.07, 6.45) is 0.845. The zero-order valence-corrected chi connectivity index (χ0v) is 18.1. The topological polar surface area (TPSA) is 49.4 Å². The lowest BCUT2D eigenvalue weighted by Crippen LogP contribution is -2.48. The van der Waals surface area contributed by atoms with Crippen molar-refractivity contribution in [3.63, 3.8) is 0 Å². The average molecular weight is 417 g/mol. The molecule has 1 atom stereocenters. The number of hydrogen-bond donors (Lipinski definition) is 1. The fourth-order valence-electron chi connectivity index (χ4n) is 2.79. The first-order chi connectivity index (χ1) is 13.9. The van der Waals surface area contributed by atoms with Gasteiger partial charge in [-0.15, -0.1) is 11.8 Å². The first-order valence-electron chi connectivity index (χ1n) is 9.85. The Hall–Kier alpha value is -2.34. The highest BCUT2D eigenvalue weighted by atomic mass is 32.2. The van der Waals surface area contributed by atoms with Crippen LogP contribution in [0.5, 0.6) is 0 Å². The van der Waals surface area contributed by atoms with Crippen molar-refractivity contribution >= 4 is 23.6 Å². The number of halogens is 1. The van der Waals surface area contributed by atoms with Gasteiger partial charge in [0.05, 0.1) is 5.75 Å². The molecule has 0 fully saturated rings. The fraction of sp³-hybridized carbons (Fsp3) is 0.391. The summed E-state index contributed by atoms with van der Waals surface area (Å²) < 4.78 is 13.0. The van der Waals surface area contributed by atoms with Crippen molar-refractivity contribution in [3.8, 4) is 0 Å². The van der Waals surface area contributed by atoms with E-state index < -0.39 is 6.04 Å². The van der Waals surface area contributed by atoms with Gasteiger partial charge in [0.25, 0.3) is 0 Å². The predicted molar refractivity (Wildman–Crippen MR) is 117 cm³/mol. The third kappa shape index (κ3) is 7.54. The van der Waals surface area contributed by atoms with Gasteiger partial charge < -0.3 is 10.2 Å². The van der Waals surface area contributed by atoms with E-state index in [1.165, 1.54) is 23.9 Å².